The van der Waals surface area contributed by atoms with E-state index in [2.05, 4.69) is 4.74 Å². The highest BCUT2D eigenvalue weighted by atomic mass is 32.2. The number of aliphatic hydroxyl groups is 1. The molecular weight excluding hydrogens is 242 g/mol. The highest BCUT2D eigenvalue weighted by molar-refractivity contribution is 7.90. The van der Waals surface area contributed by atoms with E-state index in [4.69, 9.17) is 10.2 Å². The van der Waals surface area contributed by atoms with E-state index in [1.165, 1.54) is 0 Å². The van der Waals surface area contributed by atoms with E-state index in [0.29, 0.717) is 0 Å². The van der Waals surface area contributed by atoms with Crippen molar-refractivity contribution in [3.8, 4) is 0 Å². The summed E-state index contributed by atoms with van der Waals surface area (Å²) >= 11 is 0. The van der Waals surface area contributed by atoms with Crippen LogP contribution in [0.3, 0.4) is 0 Å². The summed E-state index contributed by atoms with van der Waals surface area (Å²) in [4.78, 5) is 21.1. The average molecular weight is 255 g/mol. The van der Waals surface area contributed by atoms with Gasteiger partial charge in [0.15, 0.2) is 11.4 Å². The minimum Gasteiger partial charge on any atom is -0.479 e. The maximum absolute atomic E-state index is 11.3. The van der Waals surface area contributed by atoms with Crippen LogP contribution in [0.25, 0.3) is 0 Å². The second kappa shape index (κ2) is 5.77. The van der Waals surface area contributed by atoms with Crippen molar-refractivity contribution in [1.82, 2.24) is 4.72 Å². The Balaban J connectivity index is 4.48. The summed E-state index contributed by atoms with van der Waals surface area (Å²) in [5.74, 6) is -2.54. The fourth-order valence-electron chi connectivity index (χ4n) is 0.700. The summed E-state index contributed by atoms with van der Waals surface area (Å²) in [7, 11) is -3.02. The molecule has 0 aliphatic carbocycles. The standard InChI is InChI=1S/C7H13NO7S/c1-4(7(12)15-2)16(13,14)8-3-5(9)6(10)11/h4-5,8-9H,3H2,1-2H3,(H,10,11)/t4?,5-/m0/s1. The molecule has 0 amide bonds. The predicted octanol–water partition coefficient (Wildman–Crippen LogP) is -2.09. The third-order valence-corrected chi connectivity index (χ3v) is 3.45. The molecule has 0 saturated carbocycles. The molecule has 0 rings (SSSR count). The van der Waals surface area contributed by atoms with Crippen LogP contribution >= 0.6 is 0 Å². The molecule has 3 N–H and O–H groups in total. The number of carbonyl (C=O) groups excluding carboxylic acids is 1. The largest absolute Gasteiger partial charge is 0.479 e. The molecule has 0 bridgehead atoms. The number of carbonyl (C=O) groups is 2. The van der Waals surface area contributed by atoms with Gasteiger partial charge in [0.25, 0.3) is 0 Å². The third-order valence-electron chi connectivity index (χ3n) is 1.76. The van der Waals surface area contributed by atoms with Gasteiger partial charge in [-0.05, 0) is 6.92 Å². The molecule has 8 nitrogen and oxygen atoms in total. The van der Waals surface area contributed by atoms with E-state index < -0.39 is 39.9 Å². The number of sulfonamides is 1. The lowest BCUT2D eigenvalue weighted by Gasteiger charge is -2.12. The Hall–Kier alpha value is -1.19. The normalized spacial score (nSPS) is 15.2. The van der Waals surface area contributed by atoms with Crippen LogP contribution in [-0.4, -0.2) is 55.6 Å². The molecular formula is C7H13NO7S. The van der Waals surface area contributed by atoms with Gasteiger partial charge < -0.3 is 14.9 Å². The number of carboxylic acids is 1. The maximum atomic E-state index is 11.3. The van der Waals surface area contributed by atoms with E-state index in [-0.39, 0.29) is 0 Å². The van der Waals surface area contributed by atoms with Gasteiger partial charge in [-0.1, -0.05) is 0 Å². The van der Waals surface area contributed by atoms with Crippen LogP contribution in [-0.2, 0) is 24.3 Å². The first-order chi connectivity index (χ1) is 7.22. The SMILES string of the molecule is COC(=O)C(C)S(=O)(=O)NC[C@H](O)C(=O)O. The molecule has 0 spiro atoms. The van der Waals surface area contributed by atoms with Gasteiger partial charge in [0.05, 0.1) is 7.11 Å². The summed E-state index contributed by atoms with van der Waals surface area (Å²) < 4.78 is 28.7. The Morgan fingerprint density at radius 1 is 1.44 bits per heavy atom. The van der Waals surface area contributed by atoms with Crippen molar-refractivity contribution in [2.75, 3.05) is 13.7 Å². The minimum atomic E-state index is -4.05. The Kier molecular flexibility index (Phi) is 5.35. The molecule has 2 atom stereocenters. The van der Waals surface area contributed by atoms with Crippen molar-refractivity contribution in [2.45, 2.75) is 18.3 Å². The zero-order chi connectivity index (χ0) is 12.9. The number of ether oxygens (including phenoxy) is 1. The molecule has 0 aromatic carbocycles. The number of hydrogen-bond acceptors (Lipinski definition) is 6. The van der Waals surface area contributed by atoms with Crippen molar-refractivity contribution < 1.29 is 33.0 Å². The van der Waals surface area contributed by atoms with Crippen LogP contribution in [0.2, 0.25) is 0 Å². The highest BCUT2D eigenvalue weighted by Gasteiger charge is 2.29. The van der Waals surface area contributed by atoms with E-state index in [9.17, 15) is 18.0 Å². The van der Waals surface area contributed by atoms with Gasteiger partial charge in [-0.3, -0.25) is 4.79 Å². The van der Waals surface area contributed by atoms with Gasteiger partial charge in [0.1, 0.15) is 0 Å². The smallest absolute Gasteiger partial charge is 0.333 e. The Morgan fingerprint density at radius 3 is 2.31 bits per heavy atom. The quantitative estimate of drug-likeness (QED) is 0.464. The number of carboxylic acid groups (broad SMARTS) is 1. The summed E-state index contributed by atoms with van der Waals surface area (Å²) in [6.45, 7) is 0.375. The van der Waals surface area contributed by atoms with E-state index in [1.807, 2.05) is 0 Å². The number of hydrogen-bond donors (Lipinski definition) is 3. The van der Waals surface area contributed by atoms with Gasteiger partial charge in [0.2, 0.25) is 10.0 Å². The zero-order valence-corrected chi connectivity index (χ0v) is 9.52. The summed E-state index contributed by atoms with van der Waals surface area (Å²) in [6, 6.07) is 0. The minimum absolute atomic E-state index is 0.709. The van der Waals surface area contributed by atoms with Crippen LogP contribution in [0.5, 0.6) is 0 Å². The average Bonchev–Trinajstić information content (AvgIpc) is 2.23. The number of nitrogens with one attached hydrogen (secondary N) is 1. The molecule has 9 heteroatoms. The van der Waals surface area contributed by atoms with Crippen LogP contribution in [0.15, 0.2) is 0 Å². The monoisotopic (exact) mass is 255 g/mol. The van der Waals surface area contributed by atoms with Crippen molar-refractivity contribution in [2.24, 2.45) is 0 Å². The first kappa shape index (κ1) is 14.8. The molecule has 0 fully saturated rings. The predicted molar refractivity (Wildman–Crippen MR) is 52.0 cm³/mol. The first-order valence-corrected chi connectivity index (χ1v) is 5.74. The van der Waals surface area contributed by atoms with Gasteiger partial charge in [-0.2, -0.15) is 0 Å². The van der Waals surface area contributed by atoms with E-state index >= 15 is 0 Å². The van der Waals surface area contributed by atoms with Gasteiger partial charge >= 0.3 is 11.9 Å². The second-order valence-corrected chi connectivity index (χ2v) is 5.00. The van der Waals surface area contributed by atoms with Crippen LogP contribution in [0.4, 0.5) is 0 Å². The van der Waals surface area contributed by atoms with Crippen LogP contribution in [0.1, 0.15) is 6.92 Å². The lowest BCUT2D eigenvalue weighted by Crippen LogP contribution is -2.43. The number of esters is 1. The molecule has 16 heavy (non-hydrogen) atoms. The van der Waals surface area contributed by atoms with Crippen LogP contribution in [0, 0.1) is 0 Å². The molecule has 0 aromatic rings. The number of rotatable bonds is 6. The molecule has 94 valence electrons. The number of aliphatic hydroxyl groups excluding tert-OH is 1. The Morgan fingerprint density at radius 2 is 1.94 bits per heavy atom. The fourth-order valence-corrected chi connectivity index (χ4v) is 1.69. The molecule has 1 unspecified atom stereocenters. The number of methoxy groups -OCH3 is 1. The van der Waals surface area contributed by atoms with Crippen molar-refractivity contribution in [3.63, 3.8) is 0 Å². The highest BCUT2D eigenvalue weighted by Crippen LogP contribution is 2.00. The molecule has 0 aliphatic rings. The fraction of sp³-hybridized carbons (Fsp3) is 0.714. The van der Waals surface area contributed by atoms with E-state index in [1.54, 1.807) is 4.72 Å². The summed E-state index contributed by atoms with van der Waals surface area (Å²) in [5, 5.41) is 15.6. The van der Waals surface area contributed by atoms with Crippen LogP contribution < -0.4 is 4.72 Å². The second-order valence-electron chi connectivity index (χ2n) is 2.91. The maximum Gasteiger partial charge on any atom is 0.333 e. The Bertz CT molecular complexity index is 363. The van der Waals surface area contributed by atoms with Crippen molar-refractivity contribution >= 4 is 22.0 Å². The topological polar surface area (TPSA) is 130 Å². The zero-order valence-electron chi connectivity index (χ0n) is 8.71. The van der Waals surface area contributed by atoms with E-state index in [0.717, 1.165) is 14.0 Å². The summed E-state index contributed by atoms with van der Waals surface area (Å²) in [5.41, 5.74) is 0. The first-order valence-electron chi connectivity index (χ1n) is 4.19. The third kappa shape index (κ3) is 4.13. The van der Waals surface area contributed by atoms with Crippen molar-refractivity contribution in [3.05, 3.63) is 0 Å². The van der Waals surface area contributed by atoms with Gasteiger partial charge in [0, 0.05) is 6.54 Å². The van der Waals surface area contributed by atoms with Crippen molar-refractivity contribution in [1.29, 1.82) is 0 Å². The molecule has 0 heterocycles. The molecule has 0 aromatic heterocycles. The van der Waals surface area contributed by atoms with Gasteiger partial charge in [-0.15, -0.1) is 0 Å². The lowest BCUT2D eigenvalue weighted by atomic mass is 10.4. The Labute approximate surface area is 92.3 Å². The number of aliphatic carboxylic acids is 1. The molecule has 0 radical (unpaired) electrons. The van der Waals surface area contributed by atoms with Gasteiger partial charge in [-0.25, -0.2) is 17.9 Å². The molecule has 0 saturated heterocycles. The molecule has 0 aliphatic heterocycles. The lowest BCUT2D eigenvalue weighted by molar-refractivity contribution is -0.146. The summed E-state index contributed by atoms with van der Waals surface area (Å²) in [6.07, 6.45) is -1.86.